The summed E-state index contributed by atoms with van der Waals surface area (Å²) >= 11 is 0. The zero-order valence-corrected chi connectivity index (χ0v) is 15.7. The molecular formula is C22H25N3O2. The maximum Gasteiger partial charge on any atom is 0.227 e. The molecule has 27 heavy (non-hydrogen) atoms. The monoisotopic (exact) mass is 363 g/mol. The largest absolute Gasteiger partial charge is 0.381 e. The van der Waals surface area contributed by atoms with E-state index in [1.54, 1.807) is 4.90 Å². The Morgan fingerprint density at radius 2 is 1.85 bits per heavy atom. The van der Waals surface area contributed by atoms with Crippen molar-refractivity contribution in [2.75, 3.05) is 28.7 Å². The van der Waals surface area contributed by atoms with Gasteiger partial charge in [-0.05, 0) is 54.7 Å². The first-order chi connectivity index (χ1) is 13.1. The molecule has 1 fully saturated rings. The van der Waals surface area contributed by atoms with E-state index in [1.165, 1.54) is 11.1 Å². The average Bonchev–Trinajstić information content (AvgIpc) is 2.70. The van der Waals surface area contributed by atoms with E-state index in [0.29, 0.717) is 19.4 Å². The topological polar surface area (TPSA) is 52.7 Å². The van der Waals surface area contributed by atoms with Crippen LogP contribution in [0.1, 0.15) is 36.8 Å². The second kappa shape index (κ2) is 7.43. The van der Waals surface area contributed by atoms with Crippen molar-refractivity contribution in [2.45, 2.75) is 38.6 Å². The Labute approximate surface area is 160 Å². The molecule has 5 heteroatoms. The van der Waals surface area contributed by atoms with E-state index < -0.39 is 0 Å². The SMILES string of the molecule is CN1C(=O)CCc2cc(CNc3cccc(N4CCCCC4=O)c3)ccc21. The van der Waals surface area contributed by atoms with E-state index in [2.05, 4.69) is 17.4 Å². The molecule has 140 valence electrons. The van der Waals surface area contributed by atoms with Gasteiger partial charge in [0.05, 0.1) is 0 Å². The molecule has 2 heterocycles. The highest BCUT2D eigenvalue weighted by molar-refractivity contribution is 5.96. The van der Waals surface area contributed by atoms with Gasteiger partial charge in [-0.25, -0.2) is 0 Å². The molecule has 0 spiro atoms. The molecule has 2 aromatic carbocycles. The van der Waals surface area contributed by atoms with Crippen molar-refractivity contribution < 1.29 is 9.59 Å². The van der Waals surface area contributed by atoms with Gasteiger partial charge >= 0.3 is 0 Å². The zero-order chi connectivity index (χ0) is 18.8. The fourth-order valence-electron chi connectivity index (χ4n) is 3.89. The Morgan fingerprint density at radius 3 is 2.70 bits per heavy atom. The molecule has 2 aromatic rings. The lowest BCUT2D eigenvalue weighted by Gasteiger charge is -2.27. The summed E-state index contributed by atoms with van der Waals surface area (Å²) in [4.78, 5) is 27.6. The van der Waals surface area contributed by atoms with Crippen molar-refractivity contribution in [1.82, 2.24) is 0 Å². The predicted molar refractivity (Wildman–Crippen MR) is 108 cm³/mol. The summed E-state index contributed by atoms with van der Waals surface area (Å²) in [6.07, 6.45) is 4.08. The van der Waals surface area contributed by atoms with Gasteiger partial charge in [-0.15, -0.1) is 0 Å². The minimum absolute atomic E-state index is 0.178. The van der Waals surface area contributed by atoms with Crippen molar-refractivity contribution in [3.05, 3.63) is 53.6 Å². The van der Waals surface area contributed by atoms with Gasteiger partial charge in [0.2, 0.25) is 11.8 Å². The minimum Gasteiger partial charge on any atom is -0.381 e. The Bertz CT molecular complexity index is 878. The van der Waals surface area contributed by atoms with Crippen molar-refractivity contribution in [1.29, 1.82) is 0 Å². The van der Waals surface area contributed by atoms with Crippen LogP contribution in [0.25, 0.3) is 0 Å². The summed E-state index contributed by atoms with van der Waals surface area (Å²) in [5.41, 5.74) is 5.41. The summed E-state index contributed by atoms with van der Waals surface area (Å²) in [7, 11) is 1.84. The minimum atomic E-state index is 0.178. The first kappa shape index (κ1) is 17.6. The number of fused-ring (bicyclic) bond motifs is 1. The van der Waals surface area contributed by atoms with Crippen molar-refractivity contribution in [3.8, 4) is 0 Å². The van der Waals surface area contributed by atoms with Crippen molar-refractivity contribution >= 4 is 28.9 Å². The van der Waals surface area contributed by atoms with Crippen LogP contribution in [0.3, 0.4) is 0 Å². The standard InChI is InChI=1S/C22H25N3O2/c1-24-20-10-8-16(13-17(20)9-11-21(24)26)15-23-18-5-4-6-19(14-18)25-12-3-2-7-22(25)27/h4-6,8,10,13-14,23H,2-3,7,9,11-12,15H2,1H3. The number of nitrogens with one attached hydrogen (secondary N) is 1. The highest BCUT2D eigenvalue weighted by Gasteiger charge is 2.21. The van der Waals surface area contributed by atoms with E-state index >= 15 is 0 Å². The Kier molecular flexibility index (Phi) is 4.84. The van der Waals surface area contributed by atoms with E-state index in [-0.39, 0.29) is 11.8 Å². The van der Waals surface area contributed by atoms with E-state index in [1.807, 2.05) is 42.3 Å². The molecule has 2 amide bonds. The Balaban J connectivity index is 1.45. The fraction of sp³-hybridized carbons (Fsp3) is 0.364. The number of aryl methyl sites for hydroxylation is 1. The van der Waals surface area contributed by atoms with Crippen LogP contribution in [0.4, 0.5) is 17.1 Å². The third kappa shape index (κ3) is 3.68. The van der Waals surface area contributed by atoms with E-state index in [9.17, 15) is 9.59 Å². The van der Waals surface area contributed by atoms with Crippen LogP contribution < -0.4 is 15.1 Å². The lowest BCUT2D eigenvalue weighted by molar-refractivity contribution is -0.120. The van der Waals surface area contributed by atoms with Crippen molar-refractivity contribution in [3.63, 3.8) is 0 Å². The first-order valence-corrected chi connectivity index (χ1v) is 9.64. The third-order valence-electron chi connectivity index (χ3n) is 5.47. The number of piperidine rings is 1. The molecule has 0 atom stereocenters. The third-order valence-corrected chi connectivity index (χ3v) is 5.47. The van der Waals surface area contributed by atoms with Crippen LogP contribution in [0.5, 0.6) is 0 Å². The molecule has 5 nitrogen and oxygen atoms in total. The fourth-order valence-corrected chi connectivity index (χ4v) is 3.89. The van der Waals surface area contributed by atoms with Crippen LogP contribution in [-0.2, 0) is 22.6 Å². The number of nitrogens with zero attached hydrogens (tertiary/aromatic N) is 2. The first-order valence-electron chi connectivity index (χ1n) is 9.64. The molecule has 2 aliphatic rings. The number of carbonyl (C=O) groups is 2. The van der Waals surface area contributed by atoms with Crippen molar-refractivity contribution in [2.24, 2.45) is 0 Å². The maximum absolute atomic E-state index is 12.1. The molecule has 1 N–H and O–H groups in total. The lowest BCUT2D eigenvalue weighted by atomic mass is 9.99. The van der Waals surface area contributed by atoms with Crippen LogP contribution in [0.2, 0.25) is 0 Å². The Hall–Kier alpha value is -2.82. The molecule has 2 aliphatic heterocycles. The predicted octanol–water partition coefficient (Wildman–Crippen LogP) is 3.72. The van der Waals surface area contributed by atoms with Crippen LogP contribution in [0, 0.1) is 0 Å². The van der Waals surface area contributed by atoms with Gasteiger partial charge < -0.3 is 15.1 Å². The molecule has 0 aromatic heterocycles. The van der Waals surface area contributed by atoms with E-state index in [0.717, 1.165) is 42.9 Å². The zero-order valence-electron chi connectivity index (χ0n) is 15.7. The van der Waals surface area contributed by atoms with Crippen LogP contribution in [0.15, 0.2) is 42.5 Å². The molecular weight excluding hydrogens is 338 g/mol. The molecule has 0 aliphatic carbocycles. The molecule has 0 radical (unpaired) electrons. The normalized spacial score (nSPS) is 17.1. The molecule has 0 bridgehead atoms. The number of benzene rings is 2. The van der Waals surface area contributed by atoms with Gasteiger partial charge in [0.25, 0.3) is 0 Å². The summed E-state index contributed by atoms with van der Waals surface area (Å²) < 4.78 is 0. The van der Waals surface area contributed by atoms with Gasteiger partial charge in [-0.3, -0.25) is 9.59 Å². The summed E-state index contributed by atoms with van der Waals surface area (Å²) in [6.45, 7) is 1.52. The lowest BCUT2D eigenvalue weighted by Crippen LogP contribution is -2.35. The van der Waals surface area contributed by atoms with Gasteiger partial charge in [-0.1, -0.05) is 18.2 Å². The number of rotatable bonds is 4. The number of anilines is 3. The summed E-state index contributed by atoms with van der Waals surface area (Å²) in [6, 6.07) is 14.4. The second-order valence-electron chi connectivity index (χ2n) is 7.32. The number of hydrogen-bond donors (Lipinski definition) is 1. The highest BCUT2D eigenvalue weighted by atomic mass is 16.2. The maximum atomic E-state index is 12.1. The second-order valence-corrected chi connectivity index (χ2v) is 7.32. The molecule has 0 saturated carbocycles. The molecule has 0 unspecified atom stereocenters. The van der Waals surface area contributed by atoms with Gasteiger partial charge in [-0.2, -0.15) is 0 Å². The van der Waals surface area contributed by atoms with Crippen LogP contribution in [-0.4, -0.2) is 25.4 Å². The summed E-state index contributed by atoms with van der Waals surface area (Å²) in [5, 5.41) is 3.46. The van der Waals surface area contributed by atoms with Gasteiger partial charge in [0.1, 0.15) is 0 Å². The van der Waals surface area contributed by atoms with E-state index in [4.69, 9.17) is 0 Å². The van der Waals surface area contributed by atoms with Gasteiger partial charge in [0, 0.05) is 50.0 Å². The quantitative estimate of drug-likeness (QED) is 0.901. The number of hydrogen-bond acceptors (Lipinski definition) is 3. The summed E-state index contributed by atoms with van der Waals surface area (Å²) in [5.74, 6) is 0.393. The molecule has 1 saturated heterocycles. The van der Waals surface area contributed by atoms with Gasteiger partial charge in [0.15, 0.2) is 0 Å². The number of amides is 2. The van der Waals surface area contributed by atoms with Crippen LogP contribution >= 0.6 is 0 Å². The average molecular weight is 363 g/mol. The molecule has 4 rings (SSSR count). The number of carbonyl (C=O) groups excluding carboxylic acids is 2. The Morgan fingerprint density at radius 1 is 0.963 bits per heavy atom. The highest BCUT2D eigenvalue weighted by Crippen LogP contribution is 2.28. The smallest absolute Gasteiger partial charge is 0.227 e.